The van der Waals surface area contributed by atoms with E-state index < -0.39 is 5.92 Å². The van der Waals surface area contributed by atoms with E-state index in [1.807, 2.05) is 6.07 Å². The summed E-state index contributed by atoms with van der Waals surface area (Å²) in [6.07, 6.45) is 5.64. The van der Waals surface area contributed by atoms with E-state index in [0.29, 0.717) is 23.0 Å². The third-order valence-corrected chi connectivity index (χ3v) is 3.95. The van der Waals surface area contributed by atoms with Gasteiger partial charge in [-0.3, -0.25) is 9.97 Å². The van der Waals surface area contributed by atoms with E-state index in [-0.39, 0.29) is 31.9 Å². The molecule has 1 atom stereocenters. The monoisotopic (exact) mass is 481 g/mol. The summed E-state index contributed by atoms with van der Waals surface area (Å²) in [6, 6.07) is 17.4. The molecule has 0 saturated heterocycles. The zero-order valence-corrected chi connectivity index (χ0v) is 16.6. The first-order chi connectivity index (χ1) is 14.2. The summed E-state index contributed by atoms with van der Waals surface area (Å²) in [4.78, 5) is 12.2. The van der Waals surface area contributed by atoms with Crippen LogP contribution in [0.25, 0.3) is 16.5 Å². The molecule has 0 saturated carbocycles. The Balaban J connectivity index is 0.00000256. The number of nitriles is 2. The van der Waals surface area contributed by atoms with Crippen LogP contribution in [0.3, 0.4) is 0 Å². The van der Waals surface area contributed by atoms with Crippen molar-refractivity contribution >= 4 is 5.82 Å². The summed E-state index contributed by atoms with van der Waals surface area (Å²) in [5.41, 5.74) is 1.17. The number of nitrogens with zero attached hydrogens (tertiary/aromatic N) is 9. The summed E-state index contributed by atoms with van der Waals surface area (Å²) >= 11 is 0. The molecule has 0 N–H and O–H groups in total. The van der Waals surface area contributed by atoms with Crippen LogP contribution in [0.15, 0.2) is 48.5 Å². The second-order valence-electron chi connectivity index (χ2n) is 5.74. The van der Waals surface area contributed by atoms with Gasteiger partial charge in [-0.25, -0.2) is 15.0 Å². The van der Waals surface area contributed by atoms with E-state index in [1.54, 1.807) is 36.4 Å². The zero-order chi connectivity index (χ0) is 20.2. The molecular formula is C20H9N9Pd. The normalized spacial score (nSPS) is 10.8. The van der Waals surface area contributed by atoms with Crippen LogP contribution in [0, 0.1) is 41.6 Å². The van der Waals surface area contributed by atoms with Gasteiger partial charge in [-0.1, -0.05) is 37.0 Å². The smallest absolute Gasteiger partial charge is 0.342 e. The molecule has 0 spiro atoms. The molecule has 4 aromatic rings. The van der Waals surface area contributed by atoms with E-state index in [0.717, 1.165) is 0 Å². The maximum Gasteiger partial charge on any atom is 2.00 e. The number of aromatic nitrogens is 6. The maximum atomic E-state index is 9.77. The average molecular weight is 482 g/mol. The van der Waals surface area contributed by atoms with Crippen LogP contribution in [0.4, 0.5) is 5.82 Å². The van der Waals surface area contributed by atoms with Crippen LogP contribution in [0.5, 0.6) is 0 Å². The minimum absolute atomic E-state index is 0. The maximum absolute atomic E-state index is 9.77. The minimum Gasteiger partial charge on any atom is -0.342 e. The fourth-order valence-corrected chi connectivity index (χ4v) is 2.63. The Hall–Kier alpha value is -4.15. The van der Waals surface area contributed by atoms with Gasteiger partial charge in [-0.2, -0.15) is 5.26 Å². The third kappa shape index (κ3) is 3.99. The van der Waals surface area contributed by atoms with Crippen molar-refractivity contribution < 1.29 is 20.4 Å². The van der Waals surface area contributed by atoms with Crippen molar-refractivity contribution in [2.24, 2.45) is 0 Å². The fourth-order valence-electron chi connectivity index (χ4n) is 2.63. The summed E-state index contributed by atoms with van der Waals surface area (Å²) in [7, 11) is 0. The van der Waals surface area contributed by atoms with Crippen LogP contribution in [0.1, 0.15) is 23.0 Å². The van der Waals surface area contributed by atoms with Gasteiger partial charge in [0, 0.05) is 0 Å². The van der Waals surface area contributed by atoms with Gasteiger partial charge >= 0.3 is 26.2 Å². The summed E-state index contributed by atoms with van der Waals surface area (Å²) in [6.45, 7) is 7.01. The topological polar surface area (TPSA) is 113 Å². The Bertz CT molecular complexity index is 1220. The number of pyridine rings is 2. The van der Waals surface area contributed by atoms with Gasteiger partial charge in [0.15, 0.2) is 0 Å². The van der Waals surface area contributed by atoms with Crippen LogP contribution in [-0.4, -0.2) is 29.5 Å². The van der Waals surface area contributed by atoms with Gasteiger partial charge in [0.25, 0.3) is 0 Å². The fraction of sp³-hybridized carbons (Fsp3) is 0.0500. The molecule has 4 aromatic heterocycles. The molecular weight excluding hydrogens is 473 g/mol. The SMILES string of the molecule is [C-]#[N+]c1c[c-]n(-c2cccc(C(C#N)c3cccc(-n4[c-]cc(C#N)n4)n3)n2)n1.[Pd+2]. The second kappa shape index (κ2) is 8.90. The molecule has 1 unspecified atom stereocenters. The van der Waals surface area contributed by atoms with Crippen LogP contribution in [0.2, 0.25) is 0 Å². The summed E-state index contributed by atoms with van der Waals surface area (Å²) in [5, 5.41) is 26.8. The van der Waals surface area contributed by atoms with Crippen molar-refractivity contribution in [1.29, 1.82) is 10.5 Å². The molecule has 10 heteroatoms. The van der Waals surface area contributed by atoms with Gasteiger partial charge in [0.1, 0.15) is 5.92 Å². The summed E-state index contributed by atoms with van der Waals surface area (Å²) < 4.78 is 2.71. The van der Waals surface area contributed by atoms with Crippen molar-refractivity contribution in [2.75, 3.05) is 0 Å². The van der Waals surface area contributed by atoms with E-state index in [4.69, 9.17) is 11.8 Å². The molecule has 0 amide bonds. The van der Waals surface area contributed by atoms with E-state index in [9.17, 15) is 5.26 Å². The van der Waals surface area contributed by atoms with Crippen molar-refractivity contribution in [3.8, 4) is 23.8 Å². The van der Waals surface area contributed by atoms with Crippen LogP contribution in [-0.2, 0) is 20.4 Å². The molecule has 0 aromatic carbocycles. The molecule has 0 fully saturated rings. The van der Waals surface area contributed by atoms with E-state index in [2.05, 4.69) is 43.5 Å². The molecule has 30 heavy (non-hydrogen) atoms. The third-order valence-electron chi connectivity index (χ3n) is 3.95. The van der Waals surface area contributed by atoms with Crippen molar-refractivity contribution in [3.05, 3.63) is 89.4 Å². The van der Waals surface area contributed by atoms with Crippen molar-refractivity contribution in [1.82, 2.24) is 29.5 Å². The predicted molar refractivity (Wildman–Crippen MR) is 98.8 cm³/mol. The Morgan fingerprint density at radius 3 is 2.03 bits per heavy atom. The molecule has 9 nitrogen and oxygen atoms in total. The summed E-state index contributed by atoms with van der Waals surface area (Å²) in [5.74, 6) is 0.336. The quantitative estimate of drug-likeness (QED) is 0.327. The number of rotatable bonds is 4. The van der Waals surface area contributed by atoms with E-state index >= 15 is 0 Å². The Morgan fingerprint density at radius 1 is 0.933 bits per heavy atom. The first-order valence-corrected chi connectivity index (χ1v) is 8.29. The minimum atomic E-state index is -0.739. The first-order valence-electron chi connectivity index (χ1n) is 8.29. The first kappa shape index (κ1) is 20.6. The largest absolute Gasteiger partial charge is 2.00 e. The van der Waals surface area contributed by atoms with Gasteiger partial charge < -0.3 is 9.53 Å². The molecule has 0 aliphatic rings. The van der Waals surface area contributed by atoms with Gasteiger partial charge in [-0.15, -0.1) is 6.07 Å². The Kier molecular flexibility index (Phi) is 6.11. The number of hydrogen-bond donors (Lipinski definition) is 0. The predicted octanol–water partition coefficient (Wildman–Crippen LogP) is 2.52. The Morgan fingerprint density at radius 2 is 1.53 bits per heavy atom. The zero-order valence-electron chi connectivity index (χ0n) is 15.0. The molecule has 144 valence electrons. The van der Waals surface area contributed by atoms with Gasteiger partial charge in [0.2, 0.25) is 0 Å². The van der Waals surface area contributed by atoms with Crippen molar-refractivity contribution in [2.45, 2.75) is 5.92 Å². The molecule has 0 radical (unpaired) electrons. The molecule has 4 heterocycles. The van der Waals surface area contributed by atoms with E-state index in [1.165, 1.54) is 21.5 Å². The molecule has 0 aliphatic heterocycles. The van der Waals surface area contributed by atoms with Crippen LogP contribution >= 0.6 is 0 Å². The Labute approximate surface area is 185 Å². The van der Waals surface area contributed by atoms with Gasteiger partial charge in [-0.05, 0) is 29.5 Å². The van der Waals surface area contributed by atoms with Crippen molar-refractivity contribution in [3.63, 3.8) is 0 Å². The van der Waals surface area contributed by atoms with Gasteiger partial charge in [0.05, 0.1) is 40.9 Å². The molecule has 4 rings (SSSR count). The molecule has 0 aliphatic carbocycles. The number of hydrogen-bond acceptors (Lipinski definition) is 6. The second-order valence-corrected chi connectivity index (χ2v) is 5.74. The standard InChI is InChI=1S/C20H9N9.Pd/c1-23-18-9-11-29(27-18)20-7-3-5-17(25-20)15(13-22)16-4-2-6-19(24-16)28-10-8-14(12-21)26-28;/h2-9,15H;/q-2;+2. The van der Waals surface area contributed by atoms with Crippen LogP contribution < -0.4 is 0 Å². The molecule has 0 bridgehead atoms. The average Bonchev–Trinajstić information content (AvgIpc) is 3.44.